The molecular formula is C12H17BrN2O2. The largest absolute Gasteiger partial charge is 0.398 e. The first-order valence-electron chi connectivity index (χ1n) is 5.47. The second-order valence-corrected chi connectivity index (χ2v) is 4.60. The summed E-state index contributed by atoms with van der Waals surface area (Å²) in [6.07, 6.45) is 1.83. The highest BCUT2D eigenvalue weighted by atomic mass is 79.9. The van der Waals surface area contributed by atoms with E-state index in [4.69, 9.17) is 10.5 Å². The standard InChI is InChI=1S/C12H17BrN2O2/c1-17-7-3-2-6-15-12(16)10-8-9(13)4-5-11(10)14/h4-5,8H,2-3,6-7,14H2,1H3,(H,15,16). The van der Waals surface area contributed by atoms with Gasteiger partial charge in [-0.2, -0.15) is 0 Å². The molecule has 1 aromatic rings. The minimum atomic E-state index is -0.138. The number of halogens is 1. The highest BCUT2D eigenvalue weighted by Gasteiger charge is 2.09. The second kappa shape index (κ2) is 7.29. The van der Waals surface area contributed by atoms with Crippen molar-refractivity contribution in [3.05, 3.63) is 28.2 Å². The maximum absolute atomic E-state index is 11.8. The molecule has 1 amide bonds. The van der Waals surface area contributed by atoms with E-state index in [1.54, 1.807) is 19.2 Å². The van der Waals surface area contributed by atoms with Crippen molar-refractivity contribution in [2.24, 2.45) is 0 Å². The molecule has 4 nitrogen and oxygen atoms in total. The zero-order chi connectivity index (χ0) is 12.7. The molecule has 1 aromatic carbocycles. The van der Waals surface area contributed by atoms with Gasteiger partial charge >= 0.3 is 0 Å². The molecule has 3 N–H and O–H groups in total. The Balaban J connectivity index is 2.44. The summed E-state index contributed by atoms with van der Waals surface area (Å²) in [6.45, 7) is 1.35. The van der Waals surface area contributed by atoms with Gasteiger partial charge < -0.3 is 15.8 Å². The van der Waals surface area contributed by atoms with Crippen LogP contribution in [-0.4, -0.2) is 26.2 Å². The number of hydrogen-bond donors (Lipinski definition) is 2. The molecule has 0 heterocycles. The van der Waals surface area contributed by atoms with E-state index in [9.17, 15) is 4.79 Å². The molecule has 0 radical (unpaired) electrons. The van der Waals surface area contributed by atoms with Gasteiger partial charge in [-0.05, 0) is 31.0 Å². The molecule has 0 unspecified atom stereocenters. The Morgan fingerprint density at radius 2 is 2.24 bits per heavy atom. The lowest BCUT2D eigenvalue weighted by atomic mass is 10.1. The van der Waals surface area contributed by atoms with Crippen LogP contribution in [0.5, 0.6) is 0 Å². The summed E-state index contributed by atoms with van der Waals surface area (Å²) >= 11 is 3.31. The van der Waals surface area contributed by atoms with Crippen LogP contribution < -0.4 is 11.1 Å². The Morgan fingerprint density at radius 1 is 1.47 bits per heavy atom. The monoisotopic (exact) mass is 300 g/mol. The zero-order valence-corrected chi connectivity index (χ0v) is 11.4. The van der Waals surface area contributed by atoms with Crippen molar-refractivity contribution >= 4 is 27.5 Å². The van der Waals surface area contributed by atoms with Crippen molar-refractivity contribution in [1.29, 1.82) is 0 Å². The van der Waals surface area contributed by atoms with Crippen molar-refractivity contribution in [3.63, 3.8) is 0 Å². The molecule has 1 rings (SSSR count). The van der Waals surface area contributed by atoms with Gasteiger partial charge in [-0.15, -0.1) is 0 Å². The predicted octanol–water partition coefficient (Wildman–Crippen LogP) is 2.19. The Kier molecular flexibility index (Phi) is 6.00. The van der Waals surface area contributed by atoms with Gasteiger partial charge in [-0.3, -0.25) is 4.79 Å². The van der Waals surface area contributed by atoms with Gasteiger partial charge in [0.2, 0.25) is 0 Å². The third-order valence-corrected chi connectivity index (χ3v) is 2.81. The third-order valence-electron chi connectivity index (χ3n) is 2.32. The van der Waals surface area contributed by atoms with Crippen molar-refractivity contribution in [2.75, 3.05) is 26.0 Å². The van der Waals surface area contributed by atoms with Crippen LogP contribution in [0.4, 0.5) is 5.69 Å². The Hall–Kier alpha value is -1.07. The number of benzene rings is 1. The van der Waals surface area contributed by atoms with Gasteiger partial charge in [0.05, 0.1) is 5.56 Å². The van der Waals surface area contributed by atoms with E-state index < -0.39 is 0 Å². The summed E-state index contributed by atoms with van der Waals surface area (Å²) in [6, 6.07) is 5.24. The van der Waals surface area contributed by atoms with E-state index in [0.717, 1.165) is 23.9 Å². The van der Waals surface area contributed by atoms with Crippen LogP contribution in [0.1, 0.15) is 23.2 Å². The smallest absolute Gasteiger partial charge is 0.253 e. The van der Waals surface area contributed by atoms with Gasteiger partial charge in [0.25, 0.3) is 5.91 Å². The Bertz CT molecular complexity index is 383. The summed E-state index contributed by atoms with van der Waals surface area (Å²) < 4.78 is 5.77. The molecule has 0 spiro atoms. The molecule has 0 aliphatic rings. The SMILES string of the molecule is COCCCCNC(=O)c1cc(Br)ccc1N. The van der Waals surface area contributed by atoms with Crippen LogP contribution in [0.25, 0.3) is 0 Å². The number of nitrogens with one attached hydrogen (secondary N) is 1. The van der Waals surface area contributed by atoms with Crippen molar-refractivity contribution < 1.29 is 9.53 Å². The normalized spacial score (nSPS) is 10.2. The van der Waals surface area contributed by atoms with Crippen LogP contribution in [0, 0.1) is 0 Å². The molecule has 0 atom stereocenters. The molecule has 0 aromatic heterocycles. The molecule has 5 heteroatoms. The average molecular weight is 301 g/mol. The second-order valence-electron chi connectivity index (χ2n) is 3.69. The van der Waals surface area contributed by atoms with Gasteiger partial charge in [0, 0.05) is 30.4 Å². The topological polar surface area (TPSA) is 64.3 Å². The number of carbonyl (C=O) groups excluding carboxylic acids is 1. The molecule has 17 heavy (non-hydrogen) atoms. The average Bonchev–Trinajstić information content (AvgIpc) is 2.32. The number of methoxy groups -OCH3 is 1. The molecule has 0 fully saturated rings. The van der Waals surface area contributed by atoms with E-state index in [1.807, 2.05) is 6.07 Å². The predicted molar refractivity (Wildman–Crippen MR) is 72.0 cm³/mol. The van der Waals surface area contributed by atoms with E-state index in [-0.39, 0.29) is 5.91 Å². The van der Waals surface area contributed by atoms with E-state index >= 15 is 0 Å². The number of carbonyl (C=O) groups is 1. The molecular weight excluding hydrogens is 284 g/mol. The van der Waals surface area contributed by atoms with Crippen LogP contribution in [0.3, 0.4) is 0 Å². The summed E-state index contributed by atoms with van der Waals surface area (Å²) in [5, 5.41) is 2.83. The van der Waals surface area contributed by atoms with Gasteiger partial charge in [-0.1, -0.05) is 15.9 Å². The minimum absolute atomic E-state index is 0.138. The van der Waals surface area contributed by atoms with Crippen LogP contribution >= 0.6 is 15.9 Å². The number of amides is 1. The van der Waals surface area contributed by atoms with Gasteiger partial charge in [0.1, 0.15) is 0 Å². The van der Waals surface area contributed by atoms with Crippen LogP contribution in [0.15, 0.2) is 22.7 Å². The van der Waals surface area contributed by atoms with E-state index in [1.165, 1.54) is 0 Å². The Labute approximate surface area is 110 Å². The molecule has 0 saturated carbocycles. The number of nitrogen functional groups attached to an aromatic ring is 1. The highest BCUT2D eigenvalue weighted by molar-refractivity contribution is 9.10. The van der Waals surface area contributed by atoms with Gasteiger partial charge in [-0.25, -0.2) is 0 Å². The number of hydrogen-bond acceptors (Lipinski definition) is 3. The lowest BCUT2D eigenvalue weighted by Crippen LogP contribution is -2.25. The molecule has 0 aliphatic heterocycles. The fraction of sp³-hybridized carbons (Fsp3) is 0.417. The van der Waals surface area contributed by atoms with Crippen LogP contribution in [0.2, 0.25) is 0 Å². The minimum Gasteiger partial charge on any atom is -0.398 e. The van der Waals surface area contributed by atoms with Crippen molar-refractivity contribution in [2.45, 2.75) is 12.8 Å². The van der Waals surface area contributed by atoms with Crippen LogP contribution in [-0.2, 0) is 4.74 Å². The summed E-state index contributed by atoms with van der Waals surface area (Å²) in [7, 11) is 1.67. The fourth-order valence-corrected chi connectivity index (χ4v) is 1.75. The molecule has 0 bridgehead atoms. The van der Waals surface area contributed by atoms with E-state index in [2.05, 4.69) is 21.2 Å². The fourth-order valence-electron chi connectivity index (χ4n) is 1.39. The maximum atomic E-state index is 11.8. The molecule has 0 saturated heterocycles. The third kappa shape index (κ3) is 4.75. The zero-order valence-electron chi connectivity index (χ0n) is 9.83. The highest BCUT2D eigenvalue weighted by Crippen LogP contribution is 2.18. The molecule has 0 aliphatic carbocycles. The van der Waals surface area contributed by atoms with Crippen molar-refractivity contribution in [1.82, 2.24) is 5.32 Å². The first-order valence-corrected chi connectivity index (χ1v) is 6.26. The number of nitrogens with two attached hydrogens (primary N) is 1. The number of anilines is 1. The van der Waals surface area contributed by atoms with E-state index in [0.29, 0.717) is 17.8 Å². The summed E-state index contributed by atoms with van der Waals surface area (Å²) in [5.41, 5.74) is 6.73. The first kappa shape index (κ1) is 14.0. The number of rotatable bonds is 6. The number of ether oxygens (including phenoxy) is 1. The first-order chi connectivity index (χ1) is 8.15. The lowest BCUT2D eigenvalue weighted by molar-refractivity contribution is 0.0952. The summed E-state index contributed by atoms with van der Waals surface area (Å²) in [4.78, 5) is 11.8. The lowest BCUT2D eigenvalue weighted by Gasteiger charge is -2.07. The quantitative estimate of drug-likeness (QED) is 0.625. The van der Waals surface area contributed by atoms with Crippen molar-refractivity contribution in [3.8, 4) is 0 Å². The number of unbranched alkanes of at least 4 members (excludes halogenated alkanes) is 1. The van der Waals surface area contributed by atoms with Gasteiger partial charge in [0.15, 0.2) is 0 Å². The Morgan fingerprint density at radius 3 is 2.94 bits per heavy atom. The molecule has 94 valence electrons. The maximum Gasteiger partial charge on any atom is 0.253 e. The summed E-state index contributed by atoms with van der Waals surface area (Å²) in [5.74, 6) is -0.138.